The molecule has 0 aliphatic carbocycles. The Labute approximate surface area is 91.3 Å². The molecule has 0 radical (unpaired) electrons. The summed E-state index contributed by atoms with van der Waals surface area (Å²) < 4.78 is 0. The van der Waals surface area contributed by atoms with Crippen molar-refractivity contribution in [2.24, 2.45) is 11.7 Å². The Morgan fingerprint density at radius 1 is 1.29 bits per heavy atom. The van der Waals surface area contributed by atoms with E-state index < -0.39 is 0 Å². The van der Waals surface area contributed by atoms with Gasteiger partial charge < -0.3 is 5.73 Å². The predicted octanol–water partition coefficient (Wildman–Crippen LogP) is 3.78. The van der Waals surface area contributed by atoms with Gasteiger partial charge in [-0.2, -0.15) is 0 Å². The van der Waals surface area contributed by atoms with Crippen molar-refractivity contribution in [3.05, 3.63) is 34.9 Å². The molecule has 0 unspecified atom stereocenters. The number of halogens is 1. The van der Waals surface area contributed by atoms with Crippen molar-refractivity contribution in [2.45, 2.75) is 32.7 Å². The molecule has 0 heterocycles. The SMILES string of the molecule is CC(C)CC[C@@H](N)c1cccc(Cl)c1. The minimum absolute atomic E-state index is 0.121. The van der Waals surface area contributed by atoms with E-state index in [-0.39, 0.29) is 6.04 Å². The number of nitrogens with two attached hydrogens (primary N) is 1. The fraction of sp³-hybridized carbons (Fsp3) is 0.500. The molecule has 1 rings (SSSR count). The smallest absolute Gasteiger partial charge is 0.0409 e. The van der Waals surface area contributed by atoms with E-state index in [9.17, 15) is 0 Å². The van der Waals surface area contributed by atoms with Crippen LogP contribution < -0.4 is 5.73 Å². The van der Waals surface area contributed by atoms with Gasteiger partial charge in [0.25, 0.3) is 0 Å². The van der Waals surface area contributed by atoms with E-state index in [0.717, 1.165) is 23.4 Å². The number of hydrogen-bond acceptors (Lipinski definition) is 1. The van der Waals surface area contributed by atoms with Crippen LogP contribution in [0.1, 0.15) is 38.3 Å². The van der Waals surface area contributed by atoms with Crippen LogP contribution in [-0.4, -0.2) is 0 Å². The summed E-state index contributed by atoms with van der Waals surface area (Å²) in [4.78, 5) is 0. The first-order valence-corrected chi connectivity index (χ1v) is 5.48. The molecule has 1 aromatic carbocycles. The van der Waals surface area contributed by atoms with Gasteiger partial charge in [0.15, 0.2) is 0 Å². The molecule has 0 spiro atoms. The van der Waals surface area contributed by atoms with Crippen LogP contribution in [0.25, 0.3) is 0 Å². The minimum atomic E-state index is 0.121. The Hall–Kier alpha value is -0.530. The van der Waals surface area contributed by atoms with Crippen molar-refractivity contribution in [1.29, 1.82) is 0 Å². The van der Waals surface area contributed by atoms with Crippen LogP contribution in [0.5, 0.6) is 0 Å². The topological polar surface area (TPSA) is 26.0 Å². The number of hydrogen-bond donors (Lipinski definition) is 1. The van der Waals surface area contributed by atoms with E-state index in [1.807, 2.05) is 24.3 Å². The van der Waals surface area contributed by atoms with E-state index >= 15 is 0 Å². The second-order valence-corrected chi connectivity index (χ2v) is 4.57. The van der Waals surface area contributed by atoms with E-state index in [0.29, 0.717) is 5.92 Å². The average molecular weight is 212 g/mol. The van der Waals surface area contributed by atoms with Crippen molar-refractivity contribution in [1.82, 2.24) is 0 Å². The van der Waals surface area contributed by atoms with Crippen LogP contribution in [0.3, 0.4) is 0 Å². The van der Waals surface area contributed by atoms with Gasteiger partial charge in [-0.3, -0.25) is 0 Å². The molecule has 1 aromatic rings. The Bertz CT molecular complexity index is 283. The van der Waals surface area contributed by atoms with Gasteiger partial charge in [0, 0.05) is 11.1 Å². The molecule has 0 bridgehead atoms. The third kappa shape index (κ3) is 3.69. The largest absolute Gasteiger partial charge is 0.324 e. The monoisotopic (exact) mass is 211 g/mol. The van der Waals surface area contributed by atoms with Gasteiger partial charge in [-0.15, -0.1) is 0 Å². The maximum absolute atomic E-state index is 6.05. The lowest BCUT2D eigenvalue weighted by Crippen LogP contribution is -2.11. The van der Waals surface area contributed by atoms with Gasteiger partial charge in [-0.1, -0.05) is 37.6 Å². The highest BCUT2D eigenvalue weighted by Gasteiger charge is 2.06. The van der Waals surface area contributed by atoms with E-state index in [2.05, 4.69) is 13.8 Å². The fourth-order valence-electron chi connectivity index (χ4n) is 1.42. The molecule has 0 saturated heterocycles. The van der Waals surface area contributed by atoms with Gasteiger partial charge in [0.05, 0.1) is 0 Å². The summed E-state index contributed by atoms with van der Waals surface area (Å²) in [5.41, 5.74) is 7.19. The van der Waals surface area contributed by atoms with Crippen molar-refractivity contribution in [3.63, 3.8) is 0 Å². The molecule has 0 amide bonds. The predicted molar refractivity (Wildman–Crippen MR) is 62.5 cm³/mol. The summed E-state index contributed by atoms with van der Waals surface area (Å²) in [6.07, 6.45) is 2.19. The summed E-state index contributed by atoms with van der Waals surface area (Å²) in [6.45, 7) is 4.43. The van der Waals surface area contributed by atoms with Crippen molar-refractivity contribution < 1.29 is 0 Å². The maximum atomic E-state index is 6.05. The zero-order valence-corrected chi connectivity index (χ0v) is 9.59. The lowest BCUT2D eigenvalue weighted by atomic mass is 9.98. The van der Waals surface area contributed by atoms with E-state index in [1.165, 1.54) is 0 Å². The molecule has 78 valence electrons. The summed E-state index contributed by atoms with van der Waals surface area (Å²) >= 11 is 5.90. The quantitative estimate of drug-likeness (QED) is 0.806. The van der Waals surface area contributed by atoms with Crippen LogP contribution in [0.2, 0.25) is 5.02 Å². The molecule has 0 aliphatic rings. The van der Waals surface area contributed by atoms with Crippen LogP contribution in [0.4, 0.5) is 0 Å². The lowest BCUT2D eigenvalue weighted by Gasteiger charge is -2.13. The number of rotatable bonds is 4. The van der Waals surface area contributed by atoms with Gasteiger partial charge in [0.2, 0.25) is 0 Å². The molecule has 1 nitrogen and oxygen atoms in total. The Balaban J connectivity index is 2.56. The highest BCUT2D eigenvalue weighted by molar-refractivity contribution is 6.30. The molecule has 2 N–H and O–H groups in total. The molecule has 0 saturated carbocycles. The molecule has 1 atom stereocenters. The van der Waals surface area contributed by atoms with Gasteiger partial charge in [-0.05, 0) is 36.5 Å². The number of benzene rings is 1. The lowest BCUT2D eigenvalue weighted by molar-refractivity contribution is 0.507. The first-order valence-electron chi connectivity index (χ1n) is 5.10. The standard InChI is InChI=1S/C12H18ClN/c1-9(2)6-7-12(14)10-4-3-5-11(13)8-10/h3-5,8-9,12H,6-7,14H2,1-2H3/t12-/m1/s1. The van der Waals surface area contributed by atoms with Crippen molar-refractivity contribution in [3.8, 4) is 0 Å². The molecular weight excluding hydrogens is 194 g/mol. The normalized spacial score (nSPS) is 13.2. The summed E-state index contributed by atoms with van der Waals surface area (Å²) in [5, 5.41) is 0.766. The summed E-state index contributed by atoms with van der Waals surface area (Å²) in [5.74, 6) is 0.709. The zero-order chi connectivity index (χ0) is 10.6. The van der Waals surface area contributed by atoms with Gasteiger partial charge in [0.1, 0.15) is 0 Å². The Kier molecular flexibility index (Phi) is 4.43. The first kappa shape index (κ1) is 11.5. The second-order valence-electron chi connectivity index (χ2n) is 4.13. The molecule has 14 heavy (non-hydrogen) atoms. The maximum Gasteiger partial charge on any atom is 0.0409 e. The second kappa shape index (κ2) is 5.38. The molecule has 2 heteroatoms. The molecule has 0 aromatic heterocycles. The van der Waals surface area contributed by atoms with Gasteiger partial charge in [-0.25, -0.2) is 0 Å². The third-order valence-corrected chi connectivity index (χ3v) is 2.57. The fourth-order valence-corrected chi connectivity index (χ4v) is 1.62. The van der Waals surface area contributed by atoms with Gasteiger partial charge >= 0.3 is 0 Å². The van der Waals surface area contributed by atoms with Crippen molar-refractivity contribution >= 4 is 11.6 Å². The van der Waals surface area contributed by atoms with Crippen LogP contribution in [0.15, 0.2) is 24.3 Å². The third-order valence-electron chi connectivity index (χ3n) is 2.33. The minimum Gasteiger partial charge on any atom is -0.324 e. The van der Waals surface area contributed by atoms with Crippen LogP contribution in [0, 0.1) is 5.92 Å². The average Bonchev–Trinajstić information content (AvgIpc) is 2.14. The van der Waals surface area contributed by atoms with E-state index in [4.69, 9.17) is 17.3 Å². The van der Waals surface area contributed by atoms with E-state index in [1.54, 1.807) is 0 Å². The van der Waals surface area contributed by atoms with Crippen LogP contribution >= 0.6 is 11.6 Å². The summed E-state index contributed by atoms with van der Waals surface area (Å²) in [7, 11) is 0. The van der Waals surface area contributed by atoms with Crippen LogP contribution in [-0.2, 0) is 0 Å². The molecule has 0 fully saturated rings. The summed E-state index contributed by atoms with van der Waals surface area (Å²) in [6, 6.07) is 7.94. The molecular formula is C12H18ClN. The highest BCUT2D eigenvalue weighted by Crippen LogP contribution is 2.21. The zero-order valence-electron chi connectivity index (χ0n) is 8.83. The highest BCUT2D eigenvalue weighted by atomic mass is 35.5. The van der Waals surface area contributed by atoms with Crippen molar-refractivity contribution in [2.75, 3.05) is 0 Å². The first-order chi connectivity index (χ1) is 6.59. The Morgan fingerprint density at radius 2 is 2.00 bits per heavy atom. The molecule has 0 aliphatic heterocycles. The Morgan fingerprint density at radius 3 is 2.57 bits per heavy atom.